The molecule has 0 aromatic carbocycles. The summed E-state index contributed by atoms with van der Waals surface area (Å²) in [6.07, 6.45) is -0.625. The Labute approximate surface area is 107 Å². The number of nitrogens with one attached hydrogen (secondary N) is 1. The fourth-order valence-electron chi connectivity index (χ4n) is 2.10. The zero-order valence-electron chi connectivity index (χ0n) is 10.3. The van der Waals surface area contributed by atoms with Gasteiger partial charge in [-0.1, -0.05) is 0 Å². The quantitative estimate of drug-likeness (QED) is 0.761. The first-order valence-electron chi connectivity index (χ1n) is 5.95. The summed E-state index contributed by atoms with van der Waals surface area (Å²) in [5, 5.41) is 9.17. The molecular formula is C11H15FN2O5. The highest BCUT2D eigenvalue weighted by atomic mass is 19.1. The van der Waals surface area contributed by atoms with Crippen molar-refractivity contribution in [2.75, 3.05) is 13.2 Å². The van der Waals surface area contributed by atoms with Crippen LogP contribution in [-0.2, 0) is 9.47 Å². The first kappa shape index (κ1) is 13.9. The summed E-state index contributed by atoms with van der Waals surface area (Å²) >= 11 is 0. The molecule has 3 atom stereocenters. The third-order valence-electron chi connectivity index (χ3n) is 2.98. The topological polar surface area (TPSA) is 93.6 Å². The largest absolute Gasteiger partial charge is 0.394 e. The van der Waals surface area contributed by atoms with Gasteiger partial charge in [0.25, 0.3) is 5.56 Å². The number of rotatable bonds is 4. The Morgan fingerprint density at radius 1 is 1.63 bits per heavy atom. The molecule has 7 nitrogen and oxygen atoms in total. The van der Waals surface area contributed by atoms with Gasteiger partial charge in [0.15, 0.2) is 0 Å². The van der Waals surface area contributed by atoms with Gasteiger partial charge in [-0.2, -0.15) is 4.39 Å². The van der Waals surface area contributed by atoms with Crippen molar-refractivity contribution < 1.29 is 19.0 Å². The smallest absolute Gasteiger partial charge is 0.330 e. The van der Waals surface area contributed by atoms with Gasteiger partial charge in [-0.15, -0.1) is 0 Å². The zero-order valence-corrected chi connectivity index (χ0v) is 10.3. The van der Waals surface area contributed by atoms with Crippen molar-refractivity contribution in [2.45, 2.75) is 31.8 Å². The van der Waals surface area contributed by atoms with Crippen LogP contribution in [0, 0.1) is 5.82 Å². The number of ether oxygens (including phenoxy) is 2. The Morgan fingerprint density at radius 3 is 3.00 bits per heavy atom. The van der Waals surface area contributed by atoms with Crippen LogP contribution in [0.2, 0.25) is 0 Å². The molecule has 2 heterocycles. The second-order valence-corrected chi connectivity index (χ2v) is 4.18. The molecule has 1 aliphatic rings. The molecule has 1 fully saturated rings. The number of H-pyrrole nitrogens is 1. The number of nitrogens with zero attached hydrogens (tertiary/aromatic N) is 1. The van der Waals surface area contributed by atoms with Crippen LogP contribution in [0.25, 0.3) is 0 Å². The predicted molar refractivity (Wildman–Crippen MR) is 62.3 cm³/mol. The summed E-state index contributed by atoms with van der Waals surface area (Å²) in [6.45, 7) is 1.97. The van der Waals surface area contributed by atoms with E-state index >= 15 is 0 Å². The standard InChI is InChI=1S/C11H15FN2O5/c1-2-18-7-3-9(19-8(7)5-15)14-4-6(12)10(16)13-11(14)17/h4,7-9,15H,2-3,5H2,1H3,(H,13,16,17)/t7-,8+,9+/m0/s1. The molecule has 2 rings (SSSR count). The number of aliphatic hydroxyl groups is 1. The minimum atomic E-state index is -1.07. The second kappa shape index (κ2) is 5.64. The van der Waals surface area contributed by atoms with E-state index in [0.29, 0.717) is 13.0 Å². The number of aliphatic hydroxyl groups excluding tert-OH is 1. The minimum absolute atomic E-state index is 0.262. The molecule has 8 heteroatoms. The van der Waals surface area contributed by atoms with Crippen LogP contribution in [0.4, 0.5) is 4.39 Å². The van der Waals surface area contributed by atoms with Crippen LogP contribution in [0.15, 0.2) is 15.8 Å². The Kier molecular flexibility index (Phi) is 4.13. The van der Waals surface area contributed by atoms with Crippen LogP contribution in [-0.4, -0.2) is 40.1 Å². The molecule has 2 N–H and O–H groups in total. The maximum Gasteiger partial charge on any atom is 0.330 e. The van der Waals surface area contributed by atoms with Crippen LogP contribution in [0.5, 0.6) is 0 Å². The lowest BCUT2D eigenvalue weighted by Gasteiger charge is -2.15. The van der Waals surface area contributed by atoms with E-state index in [-0.39, 0.29) is 12.7 Å². The fourth-order valence-corrected chi connectivity index (χ4v) is 2.10. The van der Waals surface area contributed by atoms with Crippen molar-refractivity contribution in [3.63, 3.8) is 0 Å². The Morgan fingerprint density at radius 2 is 2.37 bits per heavy atom. The summed E-state index contributed by atoms with van der Waals surface area (Å²) in [4.78, 5) is 24.4. The van der Waals surface area contributed by atoms with Gasteiger partial charge in [-0.25, -0.2) is 4.79 Å². The van der Waals surface area contributed by atoms with Crippen LogP contribution in [0.3, 0.4) is 0 Å². The Balaban J connectivity index is 2.27. The maximum absolute atomic E-state index is 13.2. The minimum Gasteiger partial charge on any atom is -0.394 e. The number of aromatic amines is 1. The van der Waals surface area contributed by atoms with E-state index < -0.39 is 29.4 Å². The van der Waals surface area contributed by atoms with Crippen LogP contribution in [0.1, 0.15) is 19.6 Å². The highest BCUT2D eigenvalue weighted by Crippen LogP contribution is 2.29. The van der Waals surface area contributed by atoms with Crippen LogP contribution < -0.4 is 11.2 Å². The van der Waals surface area contributed by atoms with Gasteiger partial charge in [0, 0.05) is 13.0 Å². The van der Waals surface area contributed by atoms with Gasteiger partial charge in [-0.05, 0) is 6.92 Å². The maximum atomic E-state index is 13.2. The second-order valence-electron chi connectivity index (χ2n) is 4.18. The highest BCUT2D eigenvalue weighted by Gasteiger charge is 2.37. The highest BCUT2D eigenvalue weighted by molar-refractivity contribution is 4.91. The fraction of sp³-hybridized carbons (Fsp3) is 0.636. The van der Waals surface area contributed by atoms with Gasteiger partial charge < -0.3 is 14.6 Å². The van der Waals surface area contributed by atoms with E-state index in [0.717, 1.165) is 10.8 Å². The number of halogens is 1. The van der Waals surface area contributed by atoms with Crippen molar-refractivity contribution >= 4 is 0 Å². The SMILES string of the molecule is CCO[C@H]1C[C@H](n2cc(F)c(=O)[nH]c2=O)O[C@@H]1CO. The summed E-state index contributed by atoms with van der Waals surface area (Å²) in [5.41, 5.74) is -1.83. The third-order valence-corrected chi connectivity index (χ3v) is 2.98. The Bertz CT molecular complexity index is 555. The van der Waals surface area contributed by atoms with Crippen molar-refractivity contribution in [3.05, 3.63) is 32.9 Å². The van der Waals surface area contributed by atoms with Gasteiger partial charge in [0.05, 0.1) is 18.9 Å². The molecule has 1 aromatic rings. The molecule has 106 valence electrons. The number of hydrogen-bond donors (Lipinski definition) is 2. The van der Waals surface area contributed by atoms with Crippen molar-refractivity contribution in [1.82, 2.24) is 9.55 Å². The monoisotopic (exact) mass is 274 g/mol. The van der Waals surface area contributed by atoms with E-state index in [2.05, 4.69) is 0 Å². The number of aromatic nitrogens is 2. The van der Waals surface area contributed by atoms with E-state index in [9.17, 15) is 19.1 Å². The average Bonchev–Trinajstić information content (AvgIpc) is 2.77. The Hall–Kier alpha value is -1.51. The molecule has 1 aliphatic heterocycles. The molecular weight excluding hydrogens is 259 g/mol. The molecule has 0 bridgehead atoms. The normalized spacial score (nSPS) is 26.8. The molecule has 0 saturated carbocycles. The summed E-state index contributed by atoms with van der Waals surface area (Å²) in [5.74, 6) is -1.07. The summed E-state index contributed by atoms with van der Waals surface area (Å²) < 4.78 is 25.0. The summed E-state index contributed by atoms with van der Waals surface area (Å²) in [6, 6.07) is 0. The van der Waals surface area contributed by atoms with E-state index in [4.69, 9.17) is 9.47 Å². The lowest BCUT2D eigenvalue weighted by atomic mass is 10.2. The van der Waals surface area contributed by atoms with Gasteiger partial charge in [0.2, 0.25) is 5.82 Å². The van der Waals surface area contributed by atoms with Crippen LogP contribution >= 0.6 is 0 Å². The predicted octanol–water partition coefficient (Wildman–Crippen LogP) is -0.639. The molecule has 1 aromatic heterocycles. The first-order valence-corrected chi connectivity index (χ1v) is 5.95. The van der Waals surface area contributed by atoms with E-state index in [1.165, 1.54) is 0 Å². The van der Waals surface area contributed by atoms with Gasteiger partial charge >= 0.3 is 5.69 Å². The average molecular weight is 274 g/mol. The molecule has 19 heavy (non-hydrogen) atoms. The first-order chi connectivity index (χ1) is 9.06. The molecule has 0 spiro atoms. The van der Waals surface area contributed by atoms with E-state index in [1.54, 1.807) is 6.92 Å². The molecule has 0 amide bonds. The zero-order chi connectivity index (χ0) is 14.0. The summed E-state index contributed by atoms with van der Waals surface area (Å²) in [7, 11) is 0. The van der Waals surface area contributed by atoms with E-state index in [1.807, 2.05) is 4.98 Å². The number of hydrogen-bond acceptors (Lipinski definition) is 5. The van der Waals surface area contributed by atoms with Crippen molar-refractivity contribution in [1.29, 1.82) is 0 Å². The molecule has 0 unspecified atom stereocenters. The van der Waals surface area contributed by atoms with Crippen molar-refractivity contribution in [2.24, 2.45) is 0 Å². The lowest BCUT2D eigenvalue weighted by Crippen LogP contribution is -2.34. The van der Waals surface area contributed by atoms with Crippen molar-refractivity contribution in [3.8, 4) is 0 Å². The lowest BCUT2D eigenvalue weighted by molar-refractivity contribution is -0.0605. The molecule has 1 saturated heterocycles. The molecule has 0 aliphatic carbocycles. The van der Waals surface area contributed by atoms with Gasteiger partial charge in [0.1, 0.15) is 12.3 Å². The van der Waals surface area contributed by atoms with Gasteiger partial charge in [-0.3, -0.25) is 14.3 Å². The third kappa shape index (κ3) is 2.75. The molecule has 0 radical (unpaired) electrons.